The van der Waals surface area contributed by atoms with Crippen LogP contribution in [0.2, 0.25) is 0 Å². The Balaban J connectivity index is 1.93. The largest absolute Gasteiger partial charge is 0.331 e. The van der Waals surface area contributed by atoms with Crippen LogP contribution in [0, 0.1) is 0 Å². The minimum Gasteiger partial charge on any atom is -0.331 e. The number of hydrogen-bond acceptors (Lipinski definition) is 3. The topological polar surface area (TPSA) is 59.0 Å². The van der Waals surface area contributed by atoms with Gasteiger partial charge in [-0.15, -0.1) is 11.8 Å². The Bertz CT molecular complexity index is 611. The van der Waals surface area contributed by atoms with E-state index in [1.807, 2.05) is 44.4 Å². The molecule has 1 atom stereocenters. The van der Waals surface area contributed by atoms with Gasteiger partial charge in [-0.25, -0.2) is 4.79 Å². The Morgan fingerprint density at radius 2 is 2.29 bits per heavy atom. The lowest BCUT2D eigenvalue weighted by Gasteiger charge is -2.13. The van der Waals surface area contributed by atoms with Gasteiger partial charge in [-0.2, -0.15) is 5.10 Å². The number of nitrogens with one attached hydrogen (secondary N) is 2. The minimum absolute atomic E-state index is 0.0908. The maximum absolute atomic E-state index is 12.0. The molecule has 21 heavy (non-hydrogen) atoms. The van der Waals surface area contributed by atoms with Gasteiger partial charge >= 0.3 is 6.03 Å². The van der Waals surface area contributed by atoms with Gasteiger partial charge in [0.25, 0.3) is 0 Å². The van der Waals surface area contributed by atoms with E-state index in [9.17, 15) is 4.79 Å². The van der Waals surface area contributed by atoms with E-state index in [2.05, 4.69) is 22.7 Å². The van der Waals surface area contributed by atoms with Gasteiger partial charge in [0.2, 0.25) is 0 Å². The number of benzene rings is 1. The van der Waals surface area contributed by atoms with Gasteiger partial charge in [0.05, 0.1) is 12.2 Å². The third-order valence-corrected chi connectivity index (χ3v) is 3.85. The lowest BCUT2D eigenvalue weighted by Crippen LogP contribution is -2.31. The summed E-state index contributed by atoms with van der Waals surface area (Å²) in [5.41, 5.74) is 1.77. The van der Waals surface area contributed by atoms with Crippen molar-refractivity contribution in [3.05, 3.63) is 42.2 Å². The fourth-order valence-electron chi connectivity index (χ4n) is 1.94. The third kappa shape index (κ3) is 4.53. The molecule has 6 heteroatoms. The van der Waals surface area contributed by atoms with E-state index in [1.54, 1.807) is 22.6 Å². The molecule has 2 N–H and O–H groups in total. The van der Waals surface area contributed by atoms with Crippen LogP contribution < -0.4 is 10.6 Å². The molecule has 112 valence electrons. The first-order chi connectivity index (χ1) is 10.1. The van der Waals surface area contributed by atoms with Crippen LogP contribution in [0.5, 0.6) is 0 Å². The van der Waals surface area contributed by atoms with E-state index >= 15 is 0 Å². The molecule has 0 unspecified atom stereocenters. The molecule has 0 aliphatic rings. The highest BCUT2D eigenvalue weighted by molar-refractivity contribution is 7.99. The van der Waals surface area contributed by atoms with Crippen LogP contribution in [0.25, 0.3) is 0 Å². The maximum Gasteiger partial charge on any atom is 0.319 e. The highest BCUT2D eigenvalue weighted by Gasteiger charge is 2.11. The number of amides is 2. The van der Waals surface area contributed by atoms with E-state index < -0.39 is 0 Å². The predicted molar refractivity (Wildman–Crippen MR) is 86.6 cm³/mol. The summed E-state index contributed by atoms with van der Waals surface area (Å²) in [6.07, 6.45) is 3.65. The summed E-state index contributed by atoms with van der Waals surface area (Å²) in [7, 11) is 1.85. The monoisotopic (exact) mass is 304 g/mol. The molecule has 0 aliphatic heterocycles. The number of hydrogen-bond donors (Lipinski definition) is 2. The van der Waals surface area contributed by atoms with Gasteiger partial charge in [0, 0.05) is 29.4 Å². The Kier molecular flexibility index (Phi) is 5.27. The van der Waals surface area contributed by atoms with Crippen molar-refractivity contribution in [1.29, 1.82) is 0 Å². The molecule has 2 amide bonds. The van der Waals surface area contributed by atoms with Crippen LogP contribution in [0.15, 0.2) is 41.6 Å². The smallest absolute Gasteiger partial charge is 0.319 e. The summed E-state index contributed by atoms with van der Waals surface area (Å²) in [6, 6.07) is 7.53. The highest BCUT2D eigenvalue weighted by atomic mass is 32.2. The zero-order chi connectivity index (χ0) is 15.2. The van der Waals surface area contributed by atoms with E-state index in [0.717, 1.165) is 21.9 Å². The van der Waals surface area contributed by atoms with Gasteiger partial charge < -0.3 is 10.6 Å². The second-order valence-corrected chi connectivity index (χ2v) is 6.07. The number of aromatic nitrogens is 2. The van der Waals surface area contributed by atoms with Crippen molar-refractivity contribution >= 4 is 23.5 Å². The van der Waals surface area contributed by atoms with Crippen molar-refractivity contribution in [3.8, 4) is 0 Å². The third-order valence-electron chi connectivity index (χ3n) is 2.98. The van der Waals surface area contributed by atoms with E-state index in [4.69, 9.17) is 0 Å². The van der Waals surface area contributed by atoms with Crippen LogP contribution in [0.1, 0.15) is 25.5 Å². The van der Waals surface area contributed by atoms with Gasteiger partial charge in [0.15, 0.2) is 0 Å². The number of nitrogens with zero attached hydrogens (tertiary/aromatic N) is 2. The zero-order valence-electron chi connectivity index (χ0n) is 12.5. The molecule has 0 spiro atoms. The summed E-state index contributed by atoms with van der Waals surface area (Å²) in [5, 5.41) is 9.86. The van der Waals surface area contributed by atoms with E-state index in [-0.39, 0.29) is 12.1 Å². The van der Waals surface area contributed by atoms with Crippen LogP contribution >= 0.6 is 11.8 Å². The Hall–Kier alpha value is -1.95. The molecule has 0 bridgehead atoms. The van der Waals surface area contributed by atoms with Crippen molar-refractivity contribution in [2.24, 2.45) is 7.05 Å². The first-order valence-corrected chi connectivity index (χ1v) is 7.86. The average molecular weight is 304 g/mol. The second kappa shape index (κ2) is 7.17. The summed E-state index contributed by atoms with van der Waals surface area (Å²) in [4.78, 5) is 13.2. The number of anilines is 1. The molecular weight excluding hydrogens is 284 g/mol. The fourth-order valence-corrected chi connectivity index (χ4v) is 2.66. The number of urea groups is 1. The first-order valence-electron chi connectivity index (χ1n) is 6.87. The summed E-state index contributed by atoms with van der Waals surface area (Å²) in [6.45, 7) is 4.03. The molecule has 0 saturated heterocycles. The van der Waals surface area contributed by atoms with Crippen molar-refractivity contribution < 1.29 is 4.79 Å². The maximum atomic E-state index is 12.0. The van der Waals surface area contributed by atoms with Gasteiger partial charge in [-0.3, -0.25) is 4.68 Å². The Morgan fingerprint density at radius 3 is 2.95 bits per heavy atom. The van der Waals surface area contributed by atoms with Crippen LogP contribution in [0.3, 0.4) is 0 Å². The van der Waals surface area contributed by atoms with Crippen molar-refractivity contribution in [3.63, 3.8) is 0 Å². The molecule has 2 rings (SSSR count). The SMILES string of the molecule is CCSc1cccc(NC(=O)N[C@@H](C)c2cnn(C)c2)c1. The van der Waals surface area contributed by atoms with Crippen LogP contribution in [-0.4, -0.2) is 21.6 Å². The minimum atomic E-state index is -0.218. The second-order valence-electron chi connectivity index (χ2n) is 4.73. The Labute approximate surface area is 129 Å². The number of carbonyl (C=O) groups excluding carboxylic acids is 1. The van der Waals surface area contributed by atoms with Crippen molar-refractivity contribution in [2.75, 3.05) is 11.1 Å². The molecule has 0 radical (unpaired) electrons. The fraction of sp³-hybridized carbons (Fsp3) is 0.333. The standard InChI is InChI=1S/C15H20N4OS/c1-4-21-14-7-5-6-13(8-14)18-15(20)17-11(2)12-9-16-19(3)10-12/h5-11H,4H2,1-3H3,(H2,17,18,20)/t11-/m0/s1. The molecule has 2 aromatic rings. The molecule has 0 fully saturated rings. The molecule has 0 aliphatic carbocycles. The number of aryl methyl sites for hydroxylation is 1. The lowest BCUT2D eigenvalue weighted by atomic mass is 10.2. The molecule has 1 heterocycles. The van der Waals surface area contributed by atoms with Crippen LogP contribution in [0.4, 0.5) is 10.5 Å². The molecule has 1 aromatic carbocycles. The first kappa shape index (κ1) is 15.4. The Morgan fingerprint density at radius 1 is 1.48 bits per heavy atom. The number of rotatable bonds is 5. The summed E-state index contributed by atoms with van der Waals surface area (Å²) in [5.74, 6) is 1.01. The average Bonchev–Trinajstić information content (AvgIpc) is 2.86. The predicted octanol–water partition coefficient (Wildman–Crippen LogP) is 3.41. The normalized spacial score (nSPS) is 12.0. The van der Waals surface area contributed by atoms with Crippen molar-refractivity contribution in [2.45, 2.75) is 24.8 Å². The van der Waals surface area contributed by atoms with Gasteiger partial charge in [-0.05, 0) is 30.9 Å². The van der Waals surface area contributed by atoms with Gasteiger partial charge in [0.1, 0.15) is 0 Å². The quantitative estimate of drug-likeness (QED) is 0.832. The van der Waals surface area contributed by atoms with E-state index in [1.165, 1.54) is 0 Å². The van der Waals surface area contributed by atoms with E-state index in [0.29, 0.717) is 0 Å². The highest BCUT2D eigenvalue weighted by Crippen LogP contribution is 2.21. The summed E-state index contributed by atoms with van der Waals surface area (Å²) >= 11 is 1.75. The molecular formula is C15H20N4OS. The molecule has 0 saturated carbocycles. The molecule has 5 nitrogen and oxygen atoms in total. The van der Waals surface area contributed by atoms with Crippen molar-refractivity contribution in [1.82, 2.24) is 15.1 Å². The number of thioether (sulfide) groups is 1. The zero-order valence-corrected chi connectivity index (χ0v) is 13.3. The van der Waals surface area contributed by atoms with Gasteiger partial charge in [-0.1, -0.05) is 13.0 Å². The van der Waals surface area contributed by atoms with Crippen LogP contribution in [-0.2, 0) is 7.05 Å². The number of carbonyl (C=O) groups is 1. The molecule has 1 aromatic heterocycles. The summed E-state index contributed by atoms with van der Waals surface area (Å²) < 4.78 is 1.72. The lowest BCUT2D eigenvalue weighted by molar-refractivity contribution is 0.249.